The highest BCUT2D eigenvalue weighted by molar-refractivity contribution is 5.16. The molecule has 14 heavy (non-hydrogen) atoms. The average molecular weight is 189 g/mol. The van der Waals surface area contributed by atoms with Crippen LogP contribution in [0.2, 0.25) is 0 Å². The Balaban J connectivity index is 1.94. The molecule has 1 heteroatoms. The summed E-state index contributed by atoms with van der Waals surface area (Å²) in [6, 6.07) is 11.4. The Morgan fingerprint density at radius 2 is 2.00 bits per heavy atom. The first-order valence-corrected chi connectivity index (χ1v) is 5.43. The molecule has 0 radical (unpaired) electrons. The predicted molar refractivity (Wildman–Crippen MR) is 60.3 cm³/mol. The van der Waals surface area contributed by atoms with Gasteiger partial charge in [0.25, 0.3) is 0 Å². The first kappa shape index (κ1) is 9.72. The van der Waals surface area contributed by atoms with Crippen molar-refractivity contribution in [1.29, 1.82) is 0 Å². The number of benzene rings is 1. The molecule has 1 N–H and O–H groups in total. The molecule has 1 nitrogen and oxygen atoms in total. The van der Waals surface area contributed by atoms with E-state index in [-0.39, 0.29) is 0 Å². The quantitative estimate of drug-likeness (QED) is 0.754. The van der Waals surface area contributed by atoms with Crippen LogP contribution < -0.4 is 5.32 Å². The van der Waals surface area contributed by atoms with Crippen LogP contribution in [-0.2, 0) is 6.42 Å². The Labute approximate surface area is 86.5 Å². The second-order valence-electron chi connectivity index (χ2n) is 5.14. The molecule has 0 bridgehead atoms. The van der Waals surface area contributed by atoms with Gasteiger partial charge >= 0.3 is 0 Å². The van der Waals surface area contributed by atoms with Gasteiger partial charge in [-0.25, -0.2) is 0 Å². The molecule has 1 aromatic rings. The van der Waals surface area contributed by atoms with Crippen molar-refractivity contribution in [3.8, 4) is 0 Å². The van der Waals surface area contributed by atoms with Gasteiger partial charge in [-0.2, -0.15) is 0 Å². The Morgan fingerprint density at radius 3 is 2.57 bits per heavy atom. The van der Waals surface area contributed by atoms with E-state index >= 15 is 0 Å². The maximum absolute atomic E-state index is 3.60. The molecule has 0 spiro atoms. The van der Waals surface area contributed by atoms with Gasteiger partial charge in [0.1, 0.15) is 0 Å². The molecule has 76 valence electrons. The van der Waals surface area contributed by atoms with Crippen LogP contribution in [0, 0.1) is 5.41 Å². The van der Waals surface area contributed by atoms with E-state index in [9.17, 15) is 0 Å². The normalized spacial score (nSPS) is 25.1. The molecular formula is C13H19N. The molecule has 0 aromatic heterocycles. The third-order valence-electron chi connectivity index (χ3n) is 2.99. The van der Waals surface area contributed by atoms with Crippen LogP contribution in [0.25, 0.3) is 0 Å². The minimum atomic E-state index is 0.486. The Morgan fingerprint density at radius 1 is 1.29 bits per heavy atom. The summed E-state index contributed by atoms with van der Waals surface area (Å²) in [5.41, 5.74) is 1.93. The number of hydrogen-bond donors (Lipinski definition) is 1. The van der Waals surface area contributed by atoms with Gasteiger partial charge in [0.05, 0.1) is 0 Å². The van der Waals surface area contributed by atoms with Gasteiger partial charge < -0.3 is 5.32 Å². The molecule has 2 rings (SSSR count). The maximum Gasteiger partial charge on any atom is 0.0113 e. The van der Waals surface area contributed by atoms with Crippen LogP contribution in [0.4, 0.5) is 0 Å². The molecule has 0 amide bonds. The van der Waals surface area contributed by atoms with Crippen LogP contribution in [-0.4, -0.2) is 12.6 Å². The largest absolute Gasteiger partial charge is 0.313 e. The summed E-state index contributed by atoms with van der Waals surface area (Å²) < 4.78 is 0. The summed E-state index contributed by atoms with van der Waals surface area (Å²) >= 11 is 0. The van der Waals surface area contributed by atoms with Crippen LogP contribution >= 0.6 is 0 Å². The van der Waals surface area contributed by atoms with Crippen molar-refractivity contribution in [2.75, 3.05) is 6.54 Å². The first-order chi connectivity index (χ1) is 6.66. The molecule has 1 saturated heterocycles. The van der Waals surface area contributed by atoms with Gasteiger partial charge in [-0.15, -0.1) is 0 Å². The zero-order chi connectivity index (χ0) is 10.0. The van der Waals surface area contributed by atoms with Crippen molar-refractivity contribution in [2.24, 2.45) is 5.41 Å². The third-order valence-corrected chi connectivity index (χ3v) is 2.99. The van der Waals surface area contributed by atoms with Crippen LogP contribution in [0.3, 0.4) is 0 Å². The summed E-state index contributed by atoms with van der Waals surface area (Å²) in [4.78, 5) is 0. The lowest BCUT2D eigenvalue weighted by Crippen LogP contribution is -2.23. The van der Waals surface area contributed by atoms with Gasteiger partial charge in [0.15, 0.2) is 0 Å². The molecule has 1 atom stereocenters. The lowest BCUT2D eigenvalue weighted by atomic mass is 9.89. The van der Waals surface area contributed by atoms with Gasteiger partial charge in [0.2, 0.25) is 0 Å². The summed E-state index contributed by atoms with van der Waals surface area (Å²) in [5.74, 6) is 0. The van der Waals surface area contributed by atoms with E-state index in [1.807, 2.05) is 0 Å². The topological polar surface area (TPSA) is 12.0 Å². The fourth-order valence-corrected chi connectivity index (χ4v) is 2.27. The Bertz CT molecular complexity index is 289. The van der Waals surface area contributed by atoms with E-state index < -0.39 is 0 Å². The molecular weight excluding hydrogens is 170 g/mol. The smallest absolute Gasteiger partial charge is 0.0113 e. The molecule has 1 fully saturated rings. The maximum atomic E-state index is 3.60. The fourth-order valence-electron chi connectivity index (χ4n) is 2.27. The fraction of sp³-hybridized carbons (Fsp3) is 0.538. The Hall–Kier alpha value is -0.820. The van der Waals surface area contributed by atoms with E-state index in [0.29, 0.717) is 11.5 Å². The monoisotopic (exact) mass is 189 g/mol. The van der Waals surface area contributed by atoms with Gasteiger partial charge in [-0.3, -0.25) is 0 Å². The van der Waals surface area contributed by atoms with E-state index in [1.165, 1.54) is 18.4 Å². The van der Waals surface area contributed by atoms with Crippen molar-refractivity contribution >= 4 is 0 Å². The van der Waals surface area contributed by atoms with Gasteiger partial charge in [0, 0.05) is 12.6 Å². The summed E-state index contributed by atoms with van der Waals surface area (Å²) in [5, 5.41) is 3.60. The molecule has 0 saturated carbocycles. The molecule has 0 aliphatic carbocycles. The average Bonchev–Trinajstić information content (AvgIpc) is 2.47. The van der Waals surface area contributed by atoms with Crippen molar-refractivity contribution in [2.45, 2.75) is 32.7 Å². The predicted octanol–water partition coefficient (Wildman–Crippen LogP) is 2.62. The van der Waals surface area contributed by atoms with Crippen molar-refractivity contribution in [3.63, 3.8) is 0 Å². The SMILES string of the molecule is CC1(C)CN[C@@H](Cc2ccccc2)C1. The first-order valence-electron chi connectivity index (χ1n) is 5.43. The lowest BCUT2D eigenvalue weighted by molar-refractivity contribution is 0.401. The van der Waals surface area contributed by atoms with Crippen molar-refractivity contribution in [3.05, 3.63) is 35.9 Å². The highest BCUT2D eigenvalue weighted by Crippen LogP contribution is 2.28. The molecule has 1 aromatic carbocycles. The molecule has 1 aliphatic heterocycles. The van der Waals surface area contributed by atoms with Crippen molar-refractivity contribution in [1.82, 2.24) is 5.32 Å². The van der Waals surface area contributed by atoms with Crippen LogP contribution in [0.15, 0.2) is 30.3 Å². The second-order valence-corrected chi connectivity index (χ2v) is 5.14. The minimum absolute atomic E-state index is 0.486. The summed E-state index contributed by atoms with van der Waals surface area (Å²) in [6.07, 6.45) is 2.46. The summed E-state index contributed by atoms with van der Waals surface area (Å²) in [6.45, 7) is 5.83. The Kier molecular flexibility index (Phi) is 2.60. The molecule has 0 unspecified atom stereocenters. The van der Waals surface area contributed by atoms with E-state index in [4.69, 9.17) is 0 Å². The van der Waals surface area contributed by atoms with Gasteiger partial charge in [-0.05, 0) is 23.8 Å². The minimum Gasteiger partial charge on any atom is -0.313 e. The van der Waals surface area contributed by atoms with E-state index in [2.05, 4.69) is 49.5 Å². The molecule has 1 aliphatic rings. The highest BCUT2D eigenvalue weighted by Gasteiger charge is 2.29. The second kappa shape index (κ2) is 3.74. The number of nitrogens with one attached hydrogen (secondary N) is 1. The van der Waals surface area contributed by atoms with Crippen LogP contribution in [0.1, 0.15) is 25.8 Å². The van der Waals surface area contributed by atoms with E-state index in [0.717, 1.165) is 6.54 Å². The zero-order valence-electron chi connectivity index (χ0n) is 9.09. The van der Waals surface area contributed by atoms with Gasteiger partial charge in [-0.1, -0.05) is 44.2 Å². The third kappa shape index (κ3) is 2.36. The van der Waals surface area contributed by atoms with Crippen molar-refractivity contribution < 1.29 is 0 Å². The lowest BCUT2D eigenvalue weighted by Gasteiger charge is -2.15. The van der Waals surface area contributed by atoms with Crippen LogP contribution in [0.5, 0.6) is 0 Å². The standard InChI is InChI=1S/C13H19N/c1-13(2)9-12(14-10-13)8-11-6-4-3-5-7-11/h3-7,12,14H,8-10H2,1-2H3/t12-/m0/s1. The highest BCUT2D eigenvalue weighted by atomic mass is 15.0. The van der Waals surface area contributed by atoms with E-state index in [1.54, 1.807) is 0 Å². The number of hydrogen-bond acceptors (Lipinski definition) is 1. The molecule has 1 heterocycles. The number of rotatable bonds is 2. The summed E-state index contributed by atoms with van der Waals surface area (Å²) in [7, 11) is 0. The zero-order valence-corrected chi connectivity index (χ0v) is 9.09.